The SMILES string of the molecule is COc1cccc(C(=O)Nc2ccc(Cl)c(N)c2)c1. The quantitative estimate of drug-likeness (QED) is 0.846. The minimum absolute atomic E-state index is 0.236. The molecule has 0 saturated carbocycles. The van der Waals surface area contributed by atoms with Gasteiger partial charge in [0.1, 0.15) is 5.75 Å². The van der Waals surface area contributed by atoms with Gasteiger partial charge in [-0.25, -0.2) is 0 Å². The lowest BCUT2D eigenvalue weighted by Gasteiger charge is -2.08. The lowest BCUT2D eigenvalue weighted by molar-refractivity contribution is 0.102. The van der Waals surface area contributed by atoms with Gasteiger partial charge in [-0.15, -0.1) is 0 Å². The zero-order valence-electron chi connectivity index (χ0n) is 10.3. The number of carbonyl (C=O) groups is 1. The number of methoxy groups -OCH3 is 1. The number of nitrogens with one attached hydrogen (secondary N) is 1. The fourth-order valence-corrected chi connectivity index (χ4v) is 1.71. The first-order valence-corrected chi connectivity index (χ1v) is 5.98. The third kappa shape index (κ3) is 3.17. The van der Waals surface area contributed by atoms with Crippen molar-refractivity contribution in [2.75, 3.05) is 18.2 Å². The van der Waals surface area contributed by atoms with Gasteiger partial charge in [0.05, 0.1) is 17.8 Å². The molecule has 0 atom stereocenters. The third-order valence-corrected chi connectivity index (χ3v) is 2.93. The Morgan fingerprint density at radius 2 is 2.05 bits per heavy atom. The first-order valence-electron chi connectivity index (χ1n) is 5.60. The van der Waals surface area contributed by atoms with E-state index < -0.39 is 0 Å². The summed E-state index contributed by atoms with van der Waals surface area (Å²) in [6.45, 7) is 0. The molecule has 0 aliphatic carbocycles. The van der Waals surface area contributed by atoms with Crippen LogP contribution in [0, 0.1) is 0 Å². The summed E-state index contributed by atoms with van der Waals surface area (Å²) in [5.41, 5.74) is 7.20. The Balaban J connectivity index is 2.18. The van der Waals surface area contributed by atoms with E-state index in [1.54, 1.807) is 49.6 Å². The summed E-state index contributed by atoms with van der Waals surface area (Å²) in [4.78, 5) is 12.0. The van der Waals surface area contributed by atoms with Crippen LogP contribution in [0.1, 0.15) is 10.4 Å². The Morgan fingerprint density at radius 3 is 2.74 bits per heavy atom. The molecule has 1 amide bonds. The van der Waals surface area contributed by atoms with Gasteiger partial charge in [-0.3, -0.25) is 4.79 Å². The molecule has 0 unspecified atom stereocenters. The van der Waals surface area contributed by atoms with Crippen LogP contribution in [0.25, 0.3) is 0 Å². The average molecular weight is 277 g/mol. The molecule has 4 nitrogen and oxygen atoms in total. The van der Waals surface area contributed by atoms with E-state index in [2.05, 4.69) is 5.32 Å². The zero-order valence-corrected chi connectivity index (χ0v) is 11.1. The molecule has 3 N–H and O–H groups in total. The Bertz CT molecular complexity index is 614. The van der Waals surface area contributed by atoms with E-state index in [9.17, 15) is 4.79 Å². The number of ether oxygens (including phenoxy) is 1. The van der Waals surface area contributed by atoms with E-state index in [0.29, 0.717) is 27.7 Å². The van der Waals surface area contributed by atoms with Crippen LogP contribution in [0.2, 0.25) is 5.02 Å². The van der Waals surface area contributed by atoms with Gasteiger partial charge < -0.3 is 15.8 Å². The molecule has 5 heteroatoms. The van der Waals surface area contributed by atoms with Gasteiger partial charge in [-0.05, 0) is 36.4 Å². The fraction of sp³-hybridized carbons (Fsp3) is 0.0714. The van der Waals surface area contributed by atoms with Gasteiger partial charge >= 0.3 is 0 Å². The van der Waals surface area contributed by atoms with Gasteiger partial charge in [0, 0.05) is 11.3 Å². The molecule has 0 heterocycles. The van der Waals surface area contributed by atoms with Crippen LogP contribution >= 0.6 is 11.6 Å². The molecular weight excluding hydrogens is 264 g/mol. The molecule has 2 aromatic carbocycles. The largest absolute Gasteiger partial charge is 0.497 e. The van der Waals surface area contributed by atoms with Crippen LogP contribution in [0.3, 0.4) is 0 Å². The molecular formula is C14H13ClN2O2. The van der Waals surface area contributed by atoms with E-state index in [4.69, 9.17) is 22.1 Å². The molecule has 0 radical (unpaired) electrons. The summed E-state index contributed by atoms with van der Waals surface area (Å²) in [5, 5.41) is 3.20. The molecule has 0 saturated heterocycles. The van der Waals surface area contributed by atoms with Crippen molar-refractivity contribution in [3.63, 3.8) is 0 Å². The van der Waals surface area contributed by atoms with Crippen molar-refractivity contribution in [1.29, 1.82) is 0 Å². The van der Waals surface area contributed by atoms with Gasteiger partial charge in [0.25, 0.3) is 5.91 Å². The number of hydrogen-bond donors (Lipinski definition) is 2. The van der Waals surface area contributed by atoms with Gasteiger partial charge in [0.15, 0.2) is 0 Å². The molecule has 2 aromatic rings. The summed E-state index contributed by atoms with van der Waals surface area (Å²) in [5.74, 6) is 0.392. The second-order valence-corrected chi connectivity index (χ2v) is 4.33. The van der Waals surface area contributed by atoms with Crippen LogP contribution in [0.15, 0.2) is 42.5 Å². The number of halogens is 1. The molecule has 98 valence electrons. The summed E-state index contributed by atoms with van der Waals surface area (Å²) in [7, 11) is 1.55. The molecule has 0 bridgehead atoms. The predicted molar refractivity (Wildman–Crippen MR) is 76.8 cm³/mol. The summed E-state index contributed by atoms with van der Waals surface area (Å²) in [6.07, 6.45) is 0. The predicted octanol–water partition coefficient (Wildman–Crippen LogP) is 3.18. The summed E-state index contributed by atoms with van der Waals surface area (Å²) < 4.78 is 5.07. The number of rotatable bonds is 3. The van der Waals surface area contributed by atoms with Crippen LogP contribution < -0.4 is 15.8 Å². The minimum Gasteiger partial charge on any atom is -0.497 e. The van der Waals surface area contributed by atoms with E-state index in [1.807, 2.05) is 0 Å². The maximum absolute atomic E-state index is 12.0. The monoisotopic (exact) mass is 276 g/mol. The van der Waals surface area contributed by atoms with Crippen LogP contribution in [0.4, 0.5) is 11.4 Å². The zero-order chi connectivity index (χ0) is 13.8. The highest BCUT2D eigenvalue weighted by atomic mass is 35.5. The van der Waals surface area contributed by atoms with Crippen molar-refractivity contribution < 1.29 is 9.53 Å². The number of benzene rings is 2. The van der Waals surface area contributed by atoms with Gasteiger partial charge in [-0.1, -0.05) is 17.7 Å². The Morgan fingerprint density at radius 1 is 1.26 bits per heavy atom. The average Bonchev–Trinajstić information content (AvgIpc) is 2.43. The Kier molecular flexibility index (Phi) is 3.92. The minimum atomic E-state index is -0.236. The van der Waals surface area contributed by atoms with Gasteiger partial charge in [-0.2, -0.15) is 0 Å². The number of nitrogen functional groups attached to an aromatic ring is 1. The van der Waals surface area contributed by atoms with Crippen molar-refractivity contribution in [3.8, 4) is 5.75 Å². The van der Waals surface area contributed by atoms with Crippen molar-refractivity contribution in [2.45, 2.75) is 0 Å². The number of hydrogen-bond acceptors (Lipinski definition) is 3. The first kappa shape index (κ1) is 13.2. The van der Waals surface area contributed by atoms with E-state index in [1.165, 1.54) is 0 Å². The molecule has 2 rings (SSSR count). The smallest absolute Gasteiger partial charge is 0.255 e. The summed E-state index contributed by atoms with van der Waals surface area (Å²) in [6, 6.07) is 11.8. The summed E-state index contributed by atoms with van der Waals surface area (Å²) >= 11 is 5.82. The van der Waals surface area contributed by atoms with Crippen LogP contribution in [-0.4, -0.2) is 13.0 Å². The number of amides is 1. The standard InChI is InChI=1S/C14H13ClN2O2/c1-19-11-4-2-3-9(7-11)14(18)17-10-5-6-12(15)13(16)8-10/h2-8H,16H2,1H3,(H,17,18). The molecule has 0 aromatic heterocycles. The first-order chi connectivity index (χ1) is 9.10. The Hall–Kier alpha value is -2.20. The molecule has 19 heavy (non-hydrogen) atoms. The van der Waals surface area contributed by atoms with E-state index >= 15 is 0 Å². The molecule has 0 fully saturated rings. The van der Waals surface area contributed by atoms with Gasteiger partial charge in [0.2, 0.25) is 0 Å². The lowest BCUT2D eigenvalue weighted by atomic mass is 10.2. The van der Waals surface area contributed by atoms with E-state index in [-0.39, 0.29) is 5.91 Å². The molecule has 0 spiro atoms. The van der Waals surface area contributed by atoms with Crippen LogP contribution in [0.5, 0.6) is 5.75 Å². The van der Waals surface area contributed by atoms with E-state index in [0.717, 1.165) is 0 Å². The Labute approximate surface area is 116 Å². The van der Waals surface area contributed by atoms with Crippen molar-refractivity contribution in [2.24, 2.45) is 0 Å². The normalized spacial score (nSPS) is 10.0. The maximum atomic E-state index is 12.0. The highest BCUT2D eigenvalue weighted by molar-refractivity contribution is 6.33. The van der Waals surface area contributed by atoms with Crippen molar-refractivity contribution >= 4 is 28.9 Å². The molecule has 0 aliphatic rings. The van der Waals surface area contributed by atoms with Crippen molar-refractivity contribution in [1.82, 2.24) is 0 Å². The number of anilines is 2. The van der Waals surface area contributed by atoms with Crippen LogP contribution in [-0.2, 0) is 0 Å². The third-order valence-electron chi connectivity index (χ3n) is 2.59. The van der Waals surface area contributed by atoms with Crippen molar-refractivity contribution in [3.05, 3.63) is 53.1 Å². The second-order valence-electron chi connectivity index (χ2n) is 3.92. The number of carbonyl (C=O) groups excluding carboxylic acids is 1. The number of nitrogens with two attached hydrogens (primary N) is 1. The fourth-order valence-electron chi connectivity index (χ4n) is 1.59. The lowest BCUT2D eigenvalue weighted by Crippen LogP contribution is -2.12. The maximum Gasteiger partial charge on any atom is 0.255 e. The highest BCUT2D eigenvalue weighted by Crippen LogP contribution is 2.23. The molecule has 0 aliphatic heterocycles. The second kappa shape index (κ2) is 5.63. The topological polar surface area (TPSA) is 64.3 Å². The highest BCUT2D eigenvalue weighted by Gasteiger charge is 2.08.